The summed E-state index contributed by atoms with van der Waals surface area (Å²) >= 11 is 0. The smallest absolute Gasteiger partial charge is 0.344 e. The quantitative estimate of drug-likeness (QED) is 0.784. The van der Waals surface area contributed by atoms with Crippen LogP contribution in [0.1, 0.15) is 30.9 Å². The molecule has 0 radical (unpaired) electrons. The van der Waals surface area contributed by atoms with Gasteiger partial charge in [0, 0.05) is 6.04 Å². The van der Waals surface area contributed by atoms with Crippen LogP contribution in [0.15, 0.2) is 18.2 Å². The highest BCUT2D eigenvalue weighted by Crippen LogP contribution is 2.32. The summed E-state index contributed by atoms with van der Waals surface area (Å²) in [5.74, 6) is 0.412. The van der Waals surface area contributed by atoms with E-state index < -0.39 is 5.97 Å². The van der Waals surface area contributed by atoms with Gasteiger partial charge in [-0.3, -0.25) is 4.79 Å². The van der Waals surface area contributed by atoms with Crippen molar-refractivity contribution in [1.29, 1.82) is 0 Å². The van der Waals surface area contributed by atoms with Crippen molar-refractivity contribution in [2.75, 3.05) is 13.2 Å². The van der Waals surface area contributed by atoms with Crippen molar-refractivity contribution in [3.8, 4) is 5.75 Å². The Bertz CT molecular complexity index is 552. The first-order valence-corrected chi connectivity index (χ1v) is 7.60. The van der Waals surface area contributed by atoms with E-state index >= 15 is 0 Å². The van der Waals surface area contributed by atoms with Gasteiger partial charge in [-0.2, -0.15) is 0 Å². The Kier molecular flexibility index (Phi) is 5.41. The summed E-state index contributed by atoms with van der Waals surface area (Å²) in [6, 6.07) is 5.87. The van der Waals surface area contributed by atoms with Crippen LogP contribution < -0.4 is 10.1 Å². The van der Waals surface area contributed by atoms with Crippen molar-refractivity contribution >= 4 is 11.9 Å². The van der Waals surface area contributed by atoms with Gasteiger partial charge in [-0.15, -0.1) is 0 Å². The Morgan fingerprint density at radius 2 is 2.00 bits per heavy atom. The first-order chi connectivity index (χ1) is 10.5. The normalized spacial score (nSPS) is 15.0. The Balaban J connectivity index is 1.67. The zero-order valence-corrected chi connectivity index (χ0v) is 13.3. The second-order valence-electron chi connectivity index (χ2n) is 5.91. The molecular weight excluding hydrogens is 282 g/mol. The minimum atomic E-state index is -0.547. The third-order valence-corrected chi connectivity index (χ3v) is 3.76. The highest BCUT2D eigenvalue weighted by atomic mass is 16.6. The molecule has 5 nitrogen and oxygen atoms in total. The van der Waals surface area contributed by atoms with Crippen LogP contribution in [0.2, 0.25) is 0 Å². The predicted octanol–water partition coefficient (Wildman–Crippen LogP) is 2.14. The van der Waals surface area contributed by atoms with Gasteiger partial charge in [0.15, 0.2) is 13.2 Å². The lowest BCUT2D eigenvalue weighted by molar-refractivity contribution is -0.150. The largest absolute Gasteiger partial charge is 0.482 e. The number of amides is 1. The number of hydrogen-bond donors (Lipinski definition) is 1. The van der Waals surface area contributed by atoms with E-state index in [0.29, 0.717) is 11.7 Å². The van der Waals surface area contributed by atoms with E-state index in [-0.39, 0.29) is 25.2 Å². The van der Waals surface area contributed by atoms with E-state index in [2.05, 4.69) is 5.32 Å². The van der Waals surface area contributed by atoms with Crippen LogP contribution in [0.4, 0.5) is 0 Å². The average molecular weight is 305 g/mol. The van der Waals surface area contributed by atoms with Crippen LogP contribution in [-0.4, -0.2) is 31.1 Å². The Hall–Kier alpha value is -2.04. The molecule has 1 aromatic rings. The number of esters is 1. The maximum atomic E-state index is 11.6. The first kappa shape index (κ1) is 16.3. The molecule has 5 heteroatoms. The van der Waals surface area contributed by atoms with E-state index in [1.807, 2.05) is 39.0 Å². The molecule has 1 aromatic carbocycles. The van der Waals surface area contributed by atoms with E-state index in [4.69, 9.17) is 9.47 Å². The number of rotatable bonds is 7. The van der Waals surface area contributed by atoms with Crippen LogP contribution in [0.3, 0.4) is 0 Å². The number of carbonyl (C=O) groups excluding carboxylic acids is 2. The fraction of sp³-hybridized carbons (Fsp3) is 0.529. The predicted molar refractivity (Wildman–Crippen MR) is 82.7 cm³/mol. The fourth-order valence-corrected chi connectivity index (χ4v) is 2.30. The second-order valence-corrected chi connectivity index (χ2v) is 5.91. The summed E-state index contributed by atoms with van der Waals surface area (Å²) in [6.07, 6.45) is 2.32. The number of benzene rings is 1. The van der Waals surface area contributed by atoms with Gasteiger partial charge >= 0.3 is 5.97 Å². The van der Waals surface area contributed by atoms with Crippen LogP contribution in [0.5, 0.6) is 5.75 Å². The van der Waals surface area contributed by atoms with Gasteiger partial charge in [0.25, 0.3) is 5.91 Å². The summed E-state index contributed by atoms with van der Waals surface area (Å²) in [5.41, 5.74) is 2.10. The topological polar surface area (TPSA) is 64.6 Å². The molecular formula is C17H23NO4. The van der Waals surface area contributed by atoms with Crippen LogP contribution in [-0.2, 0) is 14.3 Å². The Labute approximate surface area is 131 Å². The molecule has 1 aliphatic carbocycles. The summed E-state index contributed by atoms with van der Waals surface area (Å²) in [4.78, 5) is 23.2. The van der Waals surface area contributed by atoms with Gasteiger partial charge in [-0.05, 0) is 51.2 Å². The van der Waals surface area contributed by atoms with Crippen molar-refractivity contribution in [1.82, 2.24) is 5.32 Å². The van der Waals surface area contributed by atoms with E-state index in [0.717, 1.165) is 24.0 Å². The summed E-state index contributed by atoms with van der Waals surface area (Å²) in [5, 5.41) is 2.83. The van der Waals surface area contributed by atoms with Crippen LogP contribution in [0, 0.1) is 19.8 Å². The minimum absolute atomic E-state index is 0.151. The monoisotopic (exact) mass is 305 g/mol. The lowest BCUT2D eigenvalue weighted by Gasteiger charge is -2.13. The van der Waals surface area contributed by atoms with Gasteiger partial charge in [0.05, 0.1) is 0 Å². The summed E-state index contributed by atoms with van der Waals surface area (Å²) in [6.45, 7) is 5.43. The SMILES string of the molecule is Cc1ccc(OCC(=O)OCC(=O)N[C@@H](C)C2CC2)c(C)c1. The molecule has 0 bridgehead atoms. The lowest BCUT2D eigenvalue weighted by Crippen LogP contribution is -2.37. The van der Waals surface area contributed by atoms with E-state index in [1.54, 1.807) is 0 Å². The van der Waals surface area contributed by atoms with Crippen molar-refractivity contribution in [3.05, 3.63) is 29.3 Å². The maximum Gasteiger partial charge on any atom is 0.344 e. The van der Waals surface area contributed by atoms with E-state index in [9.17, 15) is 9.59 Å². The van der Waals surface area contributed by atoms with Crippen molar-refractivity contribution in [2.24, 2.45) is 5.92 Å². The molecule has 0 aromatic heterocycles. The molecule has 0 spiro atoms. The van der Waals surface area contributed by atoms with Gasteiger partial charge < -0.3 is 14.8 Å². The second kappa shape index (κ2) is 7.29. The molecule has 1 atom stereocenters. The maximum absolute atomic E-state index is 11.6. The molecule has 0 unspecified atom stereocenters. The third-order valence-electron chi connectivity index (χ3n) is 3.76. The van der Waals surface area contributed by atoms with Crippen molar-refractivity contribution in [3.63, 3.8) is 0 Å². The molecule has 1 amide bonds. The molecule has 1 aliphatic rings. The lowest BCUT2D eigenvalue weighted by atomic mass is 10.1. The first-order valence-electron chi connectivity index (χ1n) is 7.60. The number of nitrogens with one attached hydrogen (secondary N) is 1. The van der Waals surface area contributed by atoms with Gasteiger partial charge in [-0.25, -0.2) is 4.79 Å². The zero-order valence-electron chi connectivity index (χ0n) is 13.3. The molecule has 120 valence electrons. The average Bonchev–Trinajstić information content (AvgIpc) is 3.28. The summed E-state index contributed by atoms with van der Waals surface area (Å²) in [7, 11) is 0. The van der Waals surface area contributed by atoms with E-state index in [1.165, 1.54) is 0 Å². The minimum Gasteiger partial charge on any atom is -0.482 e. The number of hydrogen-bond acceptors (Lipinski definition) is 4. The van der Waals surface area contributed by atoms with Crippen molar-refractivity contribution in [2.45, 2.75) is 39.7 Å². The highest BCUT2D eigenvalue weighted by molar-refractivity contribution is 5.81. The van der Waals surface area contributed by atoms with Gasteiger partial charge in [0.1, 0.15) is 5.75 Å². The van der Waals surface area contributed by atoms with Crippen molar-refractivity contribution < 1.29 is 19.1 Å². The molecule has 2 rings (SSSR count). The molecule has 0 saturated heterocycles. The number of carbonyl (C=O) groups is 2. The third kappa shape index (κ3) is 5.06. The highest BCUT2D eigenvalue weighted by Gasteiger charge is 2.28. The Morgan fingerprint density at radius 3 is 2.64 bits per heavy atom. The molecule has 1 fully saturated rings. The molecule has 22 heavy (non-hydrogen) atoms. The standard InChI is InChI=1S/C17H23NO4/c1-11-4-7-15(12(2)8-11)21-10-17(20)22-9-16(19)18-13(3)14-5-6-14/h4,7-8,13-14H,5-6,9-10H2,1-3H3,(H,18,19)/t13-/m0/s1. The van der Waals surface area contributed by atoms with Crippen LogP contribution in [0.25, 0.3) is 0 Å². The number of aryl methyl sites for hydroxylation is 2. The number of ether oxygens (including phenoxy) is 2. The zero-order chi connectivity index (χ0) is 16.1. The van der Waals surface area contributed by atoms with Gasteiger partial charge in [-0.1, -0.05) is 17.7 Å². The fourth-order valence-electron chi connectivity index (χ4n) is 2.30. The molecule has 1 N–H and O–H groups in total. The van der Waals surface area contributed by atoms with Gasteiger partial charge in [0.2, 0.25) is 0 Å². The molecule has 0 heterocycles. The summed E-state index contributed by atoms with van der Waals surface area (Å²) < 4.78 is 10.3. The van der Waals surface area contributed by atoms with Crippen LogP contribution >= 0.6 is 0 Å². The molecule has 1 saturated carbocycles. The Morgan fingerprint density at radius 1 is 1.27 bits per heavy atom. The molecule has 0 aliphatic heterocycles.